The van der Waals surface area contributed by atoms with Crippen molar-refractivity contribution in [2.75, 3.05) is 20.3 Å². The summed E-state index contributed by atoms with van der Waals surface area (Å²) in [6.07, 6.45) is 2.05. The van der Waals surface area contributed by atoms with E-state index in [1.807, 2.05) is 0 Å². The van der Waals surface area contributed by atoms with Crippen LogP contribution in [0.2, 0.25) is 0 Å². The molecule has 7 heteroatoms. The predicted molar refractivity (Wildman–Crippen MR) is 85.6 cm³/mol. The van der Waals surface area contributed by atoms with Gasteiger partial charge in [-0.25, -0.2) is 9.07 Å². The molecule has 0 unspecified atom stereocenters. The van der Waals surface area contributed by atoms with Crippen molar-refractivity contribution >= 4 is 5.91 Å². The molecule has 3 rings (SSSR count). The fraction of sp³-hybridized carbons (Fsp3) is 0.412. The van der Waals surface area contributed by atoms with E-state index in [1.54, 1.807) is 35.7 Å². The Kier molecular flexibility index (Phi) is 4.64. The molecule has 1 fully saturated rings. The molecular formula is C17H20FN3O3. The number of carbonyl (C=O) groups excluding carboxylic acids is 1. The normalized spacial score (nSPS) is 20.6. The highest BCUT2D eigenvalue weighted by molar-refractivity contribution is 5.95. The van der Waals surface area contributed by atoms with Crippen molar-refractivity contribution in [1.29, 1.82) is 0 Å². The van der Waals surface area contributed by atoms with Gasteiger partial charge in [0.2, 0.25) is 0 Å². The van der Waals surface area contributed by atoms with Gasteiger partial charge in [0.25, 0.3) is 5.91 Å². The second kappa shape index (κ2) is 6.70. The van der Waals surface area contributed by atoms with Crippen LogP contribution >= 0.6 is 0 Å². The summed E-state index contributed by atoms with van der Waals surface area (Å²) < 4.78 is 20.0. The maximum Gasteiger partial charge on any atom is 0.257 e. The molecule has 1 N–H and O–H groups in total. The third-order valence-corrected chi connectivity index (χ3v) is 4.49. The number of halogens is 1. The lowest BCUT2D eigenvalue weighted by Crippen LogP contribution is -2.38. The number of ether oxygens (including phenoxy) is 1. The fourth-order valence-corrected chi connectivity index (χ4v) is 3.08. The number of hydrogen-bond donors (Lipinski definition) is 1. The lowest BCUT2D eigenvalue weighted by atomic mass is 10.2. The van der Waals surface area contributed by atoms with Crippen LogP contribution in [0.1, 0.15) is 22.5 Å². The van der Waals surface area contributed by atoms with Crippen molar-refractivity contribution in [3.05, 3.63) is 47.5 Å². The summed E-state index contributed by atoms with van der Waals surface area (Å²) in [4.78, 5) is 14.5. The third kappa shape index (κ3) is 2.92. The minimum Gasteiger partial charge on any atom is -0.394 e. The van der Waals surface area contributed by atoms with Gasteiger partial charge in [0.15, 0.2) is 0 Å². The van der Waals surface area contributed by atoms with Gasteiger partial charge in [0.05, 0.1) is 41.9 Å². The second-order valence-corrected chi connectivity index (χ2v) is 5.92. The van der Waals surface area contributed by atoms with Crippen molar-refractivity contribution in [1.82, 2.24) is 14.7 Å². The SMILES string of the molecule is CO[C@H]1C[C@@H](CO)N(C(=O)c2cnn(-c3ccc(F)cc3)c2C)C1. The van der Waals surface area contributed by atoms with E-state index >= 15 is 0 Å². The van der Waals surface area contributed by atoms with Crippen LogP contribution in [-0.4, -0.2) is 58.1 Å². The zero-order chi connectivity index (χ0) is 17.3. The molecule has 1 aliphatic heterocycles. The lowest BCUT2D eigenvalue weighted by molar-refractivity contribution is 0.0647. The molecule has 6 nitrogen and oxygen atoms in total. The first kappa shape index (κ1) is 16.6. The molecule has 0 bridgehead atoms. The van der Waals surface area contributed by atoms with Crippen LogP contribution in [0.5, 0.6) is 0 Å². The zero-order valence-electron chi connectivity index (χ0n) is 13.6. The number of likely N-dealkylation sites (tertiary alicyclic amines) is 1. The minimum atomic E-state index is -0.326. The molecule has 0 radical (unpaired) electrons. The maximum atomic E-state index is 13.1. The first-order valence-electron chi connectivity index (χ1n) is 7.80. The van der Waals surface area contributed by atoms with Crippen LogP contribution in [0.3, 0.4) is 0 Å². The Morgan fingerprint density at radius 2 is 2.12 bits per heavy atom. The van der Waals surface area contributed by atoms with Crippen molar-refractivity contribution in [2.45, 2.75) is 25.5 Å². The van der Waals surface area contributed by atoms with Gasteiger partial charge in [0.1, 0.15) is 5.82 Å². The highest BCUT2D eigenvalue weighted by atomic mass is 19.1. The predicted octanol–water partition coefficient (Wildman–Crippen LogP) is 1.54. The number of aliphatic hydroxyl groups is 1. The summed E-state index contributed by atoms with van der Waals surface area (Å²) in [6, 6.07) is 5.66. The third-order valence-electron chi connectivity index (χ3n) is 4.49. The Morgan fingerprint density at radius 3 is 2.75 bits per heavy atom. The van der Waals surface area contributed by atoms with E-state index in [1.165, 1.54) is 18.3 Å². The van der Waals surface area contributed by atoms with Gasteiger partial charge in [0, 0.05) is 13.7 Å². The minimum absolute atomic E-state index is 0.0708. The Morgan fingerprint density at radius 1 is 1.42 bits per heavy atom. The number of aromatic nitrogens is 2. The lowest BCUT2D eigenvalue weighted by Gasteiger charge is -2.22. The van der Waals surface area contributed by atoms with E-state index in [-0.39, 0.29) is 30.5 Å². The standard InChI is InChI=1S/C17H20FN3O3/c1-11-16(8-19-21(11)13-5-3-12(18)4-6-13)17(23)20-9-15(24-2)7-14(20)10-22/h3-6,8,14-15,22H,7,9-10H2,1-2H3/t14-,15-/m0/s1. The first-order valence-corrected chi connectivity index (χ1v) is 7.80. The molecule has 0 aliphatic carbocycles. The molecule has 0 spiro atoms. The molecule has 2 atom stereocenters. The van der Waals surface area contributed by atoms with Gasteiger partial charge in [-0.1, -0.05) is 0 Å². The van der Waals surface area contributed by atoms with Gasteiger partial charge in [-0.2, -0.15) is 5.10 Å². The zero-order valence-corrected chi connectivity index (χ0v) is 13.6. The summed E-state index contributed by atoms with van der Waals surface area (Å²) in [5, 5.41) is 13.8. The molecule has 1 aliphatic rings. The quantitative estimate of drug-likeness (QED) is 0.922. The number of rotatable bonds is 4. The number of nitrogens with zero attached hydrogens (tertiary/aromatic N) is 3. The van der Waals surface area contributed by atoms with Gasteiger partial charge in [-0.15, -0.1) is 0 Å². The van der Waals surface area contributed by atoms with Gasteiger partial charge in [-0.05, 0) is 37.6 Å². The number of benzene rings is 1. The second-order valence-electron chi connectivity index (χ2n) is 5.92. The van der Waals surface area contributed by atoms with E-state index in [4.69, 9.17) is 4.74 Å². The average Bonchev–Trinajstić information content (AvgIpc) is 3.18. The Bertz CT molecular complexity index is 729. The van der Waals surface area contributed by atoms with E-state index in [0.29, 0.717) is 29.9 Å². The largest absolute Gasteiger partial charge is 0.394 e. The number of hydrogen-bond acceptors (Lipinski definition) is 4. The summed E-state index contributed by atoms with van der Waals surface area (Å²) in [6.45, 7) is 2.14. The molecule has 1 amide bonds. The number of carbonyl (C=O) groups is 1. The molecule has 1 saturated heterocycles. The summed E-state index contributed by atoms with van der Waals surface area (Å²) in [5.41, 5.74) is 1.82. The van der Waals surface area contributed by atoms with Gasteiger partial charge < -0.3 is 14.7 Å². The Balaban J connectivity index is 1.87. The highest BCUT2D eigenvalue weighted by Crippen LogP contribution is 2.24. The molecule has 24 heavy (non-hydrogen) atoms. The summed E-state index contributed by atoms with van der Waals surface area (Å²) >= 11 is 0. The number of amides is 1. The van der Waals surface area contributed by atoms with Gasteiger partial charge in [-0.3, -0.25) is 4.79 Å². The average molecular weight is 333 g/mol. The fourth-order valence-electron chi connectivity index (χ4n) is 3.08. The van der Waals surface area contributed by atoms with Crippen molar-refractivity contribution in [3.63, 3.8) is 0 Å². The van der Waals surface area contributed by atoms with Crippen LogP contribution in [0, 0.1) is 12.7 Å². The molecule has 128 valence electrons. The van der Waals surface area contributed by atoms with Crippen LogP contribution in [0.25, 0.3) is 5.69 Å². The van der Waals surface area contributed by atoms with Crippen molar-refractivity contribution in [2.24, 2.45) is 0 Å². The molecule has 1 aromatic carbocycles. The van der Waals surface area contributed by atoms with Crippen LogP contribution in [-0.2, 0) is 4.74 Å². The number of methoxy groups -OCH3 is 1. The van der Waals surface area contributed by atoms with Crippen LogP contribution in [0.15, 0.2) is 30.5 Å². The molecule has 2 heterocycles. The highest BCUT2D eigenvalue weighted by Gasteiger charge is 2.36. The monoisotopic (exact) mass is 333 g/mol. The Labute approximate surface area is 139 Å². The first-order chi connectivity index (χ1) is 11.5. The van der Waals surface area contributed by atoms with Crippen LogP contribution < -0.4 is 0 Å². The smallest absolute Gasteiger partial charge is 0.257 e. The van der Waals surface area contributed by atoms with Crippen molar-refractivity contribution < 1.29 is 19.0 Å². The van der Waals surface area contributed by atoms with Crippen molar-refractivity contribution in [3.8, 4) is 5.69 Å². The van der Waals surface area contributed by atoms with E-state index in [2.05, 4.69) is 5.10 Å². The van der Waals surface area contributed by atoms with E-state index in [0.717, 1.165) is 0 Å². The summed E-state index contributed by atoms with van der Waals surface area (Å²) in [5.74, 6) is -0.507. The number of aliphatic hydroxyl groups excluding tert-OH is 1. The summed E-state index contributed by atoms with van der Waals surface area (Å²) in [7, 11) is 1.60. The molecular weight excluding hydrogens is 313 g/mol. The Hall–Kier alpha value is -2.25. The molecule has 1 aromatic heterocycles. The maximum absolute atomic E-state index is 13.1. The van der Waals surface area contributed by atoms with Gasteiger partial charge >= 0.3 is 0 Å². The van der Waals surface area contributed by atoms with Crippen LogP contribution in [0.4, 0.5) is 4.39 Å². The topological polar surface area (TPSA) is 67.6 Å². The molecule has 0 saturated carbocycles. The molecule has 2 aromatic rings. The van der Waals surface area contributed by atoms with E-state index in [9.17, 15) is 14.3 Å². The van der Waals surface area contributed by atoms with E-state index < -0.39 is 0 Å².